The first-order valence-corrected chi connectivity index (χ1v) is 8.32. The van der Waals surface area contributed by atoms with E-state index >= 15 is 0 Å². The molecule has 0 radical (unpaired) electrons. The van der Waals surface area contributed by atoms with Crippen molar-refractivity contribution in [3.8, 4) is 23.0 Å². The fourth-order valence-corrected chi connectivity index (χ4v) is 2.71. The Morgan fingerprint density at radius 3 is 1.92 bits per heavy atom. The van der Waals surface area contributed by atoms with Gasteiger partial charge in [-0.2, -0.15) is 0 Å². The van der Waals surface area contributed by atoms with E-state index in [0.29, 0.717) is 22.8 Å². The van der Waals surface area contributed by atoms with E-state index in [4.69, 9.17) is 18.9 Å². The van der Waals surface area contributed by atoms with E-state index in [1.807, 2.05) is 31.2 Å². The lowest BCUT2D eigenvalue weighted by Gasteiger charge is -2.19. The normalized spacial score (nSPS) is 11.4. The van der Waals surface area contributed by atoms with Crippen LogP contribution in [0.3, 0.4) is 0 Å². The summed E-state index contributed by atoms with van der Waals surface area (Å²) in [5.41, 5.74) is 1.44. The van der Waals surface area contributed by atoms with Crippen molar-refractivity contribution in [1.29, 1.82) is 0 Å². The molecule has 0 saturated carbocycles. The first-order chi connectivity index (χ1) is 12.6. The van der Waals surface area contributed by atoms with Gasteiger partial charge in [-0.25, -0.2) is 0 Å². The standard InChI is InChI=1S/C20H25NO5/c1-6-16(13-7-9-15(23-2)10-8-13)21-20(22)14-11-17(24-3)19(26-5)18(12-14)25-4/h7-12,16H,6H2,1-5H3,(H,21,22)/t16-/m0/s1. The van der Waals surface area contributed by atoms with Crippen molar-refractivity contribution in [1.82, 2.24) is 5.32 Å². The van der Waals surface area contributed by atoms with Crippen LogP contribution >= 0.6 is 0 Å². The molecule has 0 aromatic heterocycles. The van der Waals surface area contributed by atoms with Gasteiger partial charge in [-0.3, -0.25) is 4.79 Å². The topological polar surface area (TPSA) is 66.0 Å². The molecule has 0 bridgehead atoms. The number of amides is 1. The van der Waals surface area contributed by atoms with Crippen LogP contribution in [-0.2, 0) is 0 Å². The van der Waals surface area contributed by atoms with Crippen molar-refractivity contribution >= 4 is 5.91 Å². The number of benzene rings is 2. The van der Waals surface area contributed by atoms with Crippen LogP contribution < -0.4 is 24.3 Å². The van der Waals surface area contributed by atoms with Crippen LogP contribution in [-0.4, -0.2) is 34.3 Å². The highest BCUT2D eigenvalue weighted by Gasteiger charge is 2.19. The van der Waals surface area contributed by atoms with Crippen LogP contribution in [0.15, 0.2) is 36.4 Å². The van der Waals surface area contributed by atoms with Gasteiger partial charge in [-0.1, -0.05) is 19.1 Å². The van der Waals surface area contributed by atoms with E-state index in [9.17, 15) is 4.79 Å². The minimum Gasteiger partial charge on any atom is -0.497 e. The molecule has 2 rings (SSSR count). The van der Waals surface area contributed by atoms with Gasteiger partial charge in [-0.05, 0) is 36.2 Å². The number of carbonyl (C=O) groups excluding carboxylic acids is 1. The molecule has 1 atom stereocenters. The fourth-order valence-electron chi connectivity index (χ4n) is 2.71. The molecule has 2 aromatic rings. The maximum Gasteiger partial charge on any atom is 0.252 e. The molecule has 0 spiro atoms. The summed E-state index contributed by atoms with van der Waals surface area (Å²) in [5, 5.41) is 3.05. The maximum absolute atomic E-state index is 12.8. The number of hydrogen-bond donors (Lipinski definition) is 1. The number of rotatable bonds is 8. The zero-order chi connectivity index (χ0) is 19.1. The monoisotopic (exact) mass is 359 g/mol. The zero-order valence-electron chi connectivity index (χ0n) is 15.8. The summed E-state index contributed by atoms with van der Waals surface area (Å²) in [5.74, 6) is 1.89. The number of carbonyl (C=O) groups is 1. The molecule has 26 heavy (non-hydrogen) atoms. The van der Waals surface area contributed by atoms with Crippen LogP contribution in [0.25, 0.3) is 0 Å². The Morgan fingerprint density at radius 2 is 1.50 bits per heavy atom. The zero-order valence-corrected chi connectivity index (χ0v) is 15.8. The third kappa shape index (κ3) is 4.20. The van der Waals surface area contributed by atoms with E-state index in [1.54, 1.807) is 19.2 Å². The Balaban J connectivity index is 2.26. The van der Waals surface area contributed by atoms with Gasteiger partial charge in [0.1, 0.15) is 5.75 Å². The van der Waals surface area contributed by atoms with Gasteiger partial charge in [0.05, 0.1) is 34.5 Å². The van der Waals surface area contributed by atoms with Gasteiger partial charge in [0.2, 0.25) is 5.75 Å². The Bertz CT molecular complexity index is 717. The minimum absolute atomic E-state index is 0.118. The molecule has 0 saturated heterocycles. The number of ether oxygens (including phenoxy) is 4. The molecule has 0 heterocycles. The lowest BCUT2D eigenvalue weighted by Crippen LogP contribution is -2.28. The Labute approximate surface area is 154 Å². The van der Waals surface area contributed by atoms with Gasteiger partial charge in [0.25, 0.3) is 5.91 Å². The molecular formula is C20H25NO5. The lowest BCUT2D eigenvalue weighted by molar-refractivity contribution is 0.0934. The summed E-state index contributed by atoms with van der Waals surface area (Å²) in [6.07, 6.45) is 0.752. The van der Waals surface area contributed by atoms with Crippen molar-refractivity contribution in [3.05, 3.63) is 47.5 Å². The molecule has 1 N–H and O–H groups in total. The van der Waals surface area contributed by atoms with Gasteiger partial charge >= 0.3 is 0 Å². The molecule has 6 heteroatoms. The molecule has 2 aromatic carbocycles. The third-order valence-corrected chi connectivity index (χ3v) is 4.16. The highest BCUT2D eigenvalue weighted by atomic mass is 16.5. The highest BCUT2D eigenvalue weighted by molar-refractivity contribution is 5.95. The SMILES string of the molecule is CC[C@H](NC(=O)c1cc(OC)c(OC)c(OC)c1)c1ccc(OC)cc1. The van der Waals surface area contributed by atoms with Crippen LogP contribution in [0.4, 0.5) is 0 Å². The molecule has 0 fully saturated rings. The molecule has 0 aliphatic carbocycles. The van der Waals surface area contributed by atoms with Crippen molar-refractivity contribution in [2.75, 3.05) is 28.4 Å². The number of methoxy groups -OCH3 is 4. The highest BCUT2D eigenvalue weighted by Crippen LogP contribution is 2.38. The smallest absolute Gasteiger partial charge is 0.252 e. The van der Waals surface area contributed by atoms with E-state index in [-0.39, 0.29) is 11.9 Å². The second kappa shape index (κ2) is 8.99. The summed E-state index contributed by atoms with van der Waals surface area (Å²) in [6, 6.07) is 10.8. The van der Waals surface area contributed by atoms with Crippen molar-refractivity contribution < 1.29 is 23.7 Å². The quantitative estimate of drug-likeness (QED) is 0.780. The summed E-state index contributed by atoms with van der Waals surface area (Å²) in [6.45, 7) is 2.02. The number of hydrogen-bond acceptors (Lipinski definition) is 5. The van der Waals surface area contributed by atoms with Crippen LogP contribution in [0, 0.1) is 0 Å². The third-order valence-electron chi connectivity index (χ3n) is 4.16. The molecule has 0 aliphatic heterocycles. The van der Waals surface area contributed by atoms with Gasteiger partial charge < -0.3 is 24.3 Å². The van der Waals surface area contributed by atoms with E-state index < -0.39 is 0 Å². The molecular weight excluding hydrogens is 334 g/mol. The van der Waals surface area contributed by atoms with Crippen LogP contribution in [0.1, 0.15) is 35.3 Å². The Kier molecular flexibility index (Phi) is 6.72. The van der Waals surface area contributed by atoms with Crippen LogP contribution in [0.5, 0.6) is 23.0 Å². The molecule has 0 unspecified atom stereocenters. The predicted molar refractivity (Wildman–Crippen MR) is 99.6 cm³/mol. The first-order valence-electron chi connectivity index (χ1n) is 8.32. The van der Waals surface area contributed by atoms with E-state index in [1.165, 1.54) is 21.3 Å². The second-order valence-electron chi connectivity index (χ2n) is 5.62. The van der Waals surface area contributed by atoms with E-state index in [0.717, 1.165) is 17.7 Å². The maximum atomic E-state index is 12.8. The van der Waals surface area contributed by atoms with Gasteiger partial charge in [0, 0.05) is 5.56 Å². The Morgan fingerprint density at radius 1 is 0.923 bits per heavy atom. The predicted octanol–water partition coefficient (Wildman–Crippen LogP) is 3.60. The van der Waals surface area contributed by atoms with E-state index in [2.05, 4.69) is 5.32 Å². The first kappa shape index (κ1) is 19.4. The molecule has 140 valence electrons. The minimum atomic E-state index is -0.216. The van der Waals surface area contributed by atoms with Crippen LogP contribution in [0.2, 0.25) is 0 Å². The molecule has 1 amide bonds. The molecule has 6 nitrogen and oxygen atoms in total. The van der Waals surface area contributed by atoms with Gasteiger partial charge in [0.15, 0.2) is 11.5 Å². The average molecular weight is 359 g/mol. The second-order valence-corrected chi connectivity index (χ2v) is 5.62. The van der Waals surface area contributed by atoms with Crippen molar-refractivity contribution in [2.45, 2.75) is 19.4 Å². The summed E-state index contributed by atoms with van der Waals surface area (Å²) >= 11 is 0. The van der Waals surface area contributed by atoms with Gasteiger partial charge in [-0.15, -0.1) is 0 Å². The Hall–Kier alpha value is -2.89. The largest absolute Gasteiger partial charge is 0.497 e. The summed E-state index contributed by atoms with van der Waals surface area (Å²) in [4.78, 5) is 12.8. The lowest BCUT2D eigenvalue weighted by atomic mass is 10.0. The average Bonchev–Trinajstić information content (AvgIpc) is 2.70. The van der Waals surface area contributed by atoms with Crippen molar-refractivity contribution in [2.24, 2.45) is 0 Å². The fraction of sp³-hybridized carbons (Fsp3) is 0.350. The van der Waals surface area contributed by atoms with Crippen molar-refractivity contribution in [3.63, 3.8) is 0 Å². The summed E-state index contributed by atoms with van der Waals surface area (Å²) in [7, 11) is 6.19. The summed E-state index contributed by atoms with van der Waals surface area (Å²) < 4.78 is 21.1. The molecule has 0 aliphatic rings. The number of nitrogens with one attached hydrogen (secondary N) is 1.